The first kappa shape index (κ1) is 14.9. The molecule has 0 aromatic rings. The van der Waals surface area contributed by atoms with E-state index in [4.69, 9.17) is 4.74 Å². The first-order valence-corrected chi connectivity index (χ1v) is 7.93. The van der Waals surface area contributed by atoms with Crippen LogP contribution in [0.2, 0.25) is 0 Å². The summed E-state index contributed by atoms with van der Waals surface area (Å²) in [6.45, 7) is 12.8. The van der Waals surface area contributed by atoms with Crippen molar-refractivity contribution in [3.63, 3.8) is 0 Å². The third-order valence-corrected chi connectivity index (χ3v) is 6.15. The summed E-state index contributed by atoms with van der Waals surface area (Å²) in [6, 6.07) is 0. The Hall–Kier alpha value is -0.530. The number of carbonyl (C=O) groups excluding carboxylic acids is 1. The van der Waals surface area contributed by atoms with E-state index < -0.39 is 0 Å². The third-order valence-electron chi connectivity index (χ3n) is 6.15. The molecule has 0 heterocycles. The minimum atomic E-state index is -0.357. The molecule has 0 amide bonds. The van der Waals surface area contributed by atoms with E-state index in [0.717, 1.165) is 25.2 Å². The average Bonchev–Trinajstić information content (AvgIpc) is 3.06. The van der Waals surface area contributed by atoms with E-state index in [9.17, 15) is 4.79 Å². The van der Waals surface area contributed by atoms with Crippen molar-refractivity contribution in [3.8, 4) is 0 Å². The Morgan fingerprint density at radius 1 is 1.21 bits per heavy atom. The van der Waals surface area contributed by atoms with Crippen LogP contribution in [-0.2, 0) is 9.53 Å². The summed E-state index contributed by atoms with van der Waals surface area (Å²) >= 11 is 0. The number of carbonyl (C=O) groups is 1. The van der Waals surface area contributed by atoms with Gasteiger partial charge in [0, 0.05) is 11.3 Å². The van der Waals surface area contributed by atoms with Gasteiger partial charge in [-0.25, -0.2) is 0 Å². The predicted octanol–water partition coefficient (Wildman–Crippen LogP) is 4.57. The smallest absolute Gasteiger partial charge is 0.312 e. The van der Waals surface area contributed by atoms with Gasteiger partial charge in [0.2, 0.25) is 0 Å². The molecule has 2 nitrogen and oxygen atoms in total. The third kappa shape index (κ3) is 2.21. The highest BCUT2D eigenvalue weighted by molar-refractivity contribution is 5.76. The van der Waals surface area contributed by atoms with Crippen molar-refractivity contribution in [3.05, 3.63) is 0 Å². The monoisotopic (exact) mass is 266 g/mol. The Bertz CT molecular complexity index is 369. The largest absolute Gasteiger partial charge is 0.458 e. The van der Waals surface area contributed by atoms with Crippen molar-refractivity contribution in [1.82, 2.24) is 0 Å². The molecule has 3 unspecified atom stereocenters. The van der Waals surface area contributed by atoms with E-state index in [-0.39, 0.29) is 22.4 Å². The number of hydrogen-bond acceptors (Lipinski definition) is 2. The summed E-state index contributed by atoms with van der Waals surface area (Å²) in [5.41, 5.74) is -0.470. The Balaban J connectivity index is 2.24. The maximum atomic E-state index is 12.6. The second-order valence-electron chi connectivity index (χ2n) is 7.89. The fraction of sp³-hybridized carbons (Fsp3) is 0.941. The van der Waals surface area contributed by atoms with Gasteiger partial charge in [-0.2, -0.15) is 0 Å². The highest BCUT2D eigenvalue weighted by Crippen LogP contribution is 2.65. The van der Waals surface area contributed by atoms with Gasteiger partial charge in [0.1, 0.15) is 5.60 Å². The molecule has 2 heteroatoms. The quantitative estimate of drug-likeness (QED) is 0.681. The molecule has 19 heavy (non-hydrogen) atoms. The Morgan fingerprint density at radius 3 is 2.21 bits per heavy atom. The highest BCUT2D eigenvalue weighted by Gasteiger charge is 2.66. The number of rotatable bonds is 5. The van der Waals surface area contributed by atoms with E-state index in [2.05, 4.69) is 27.7 Å². The van der Waals surface area contributed by atoms with Crippen LogP contribution in [0.5, 0.6) is 0 Å². The molecular weight excluding hydrogens is 236 g/mol. The van der Waals surface area contributed by atoms with Crippen LogP contribution >= 0.6 is 0 Å². The molecule has 0 aliphatic heterocycles. The minimum absolute atomic E-state index is 0.00377. The molecule has 0 aromatic heterocycles. The lowest BCUT2D eigenvalue weighted by Crippen LogP contribution is -2.50. The number of esters is 1. The van der Waals surface area contributed by atoms with E-state index in [1.54, 1.807) is 0 Å². The molecule has 0 spiro atoms. The maximum Gasteiger partial charge on any atom is 0.312 e. The Labute approximate surface area is 118 Å². The van der Waals surface area contributed by atoms with E-state index in [1.807, 2.05) is 13.8 Å². The zero-order valence-corrected chi connectivity index (χ0v) is 13.5. The van der Waals surface area contributed by atoms with Gasteiger partial charge in [-0.1, -0.05) is 27.7 Å². The molecule has 3 atom stereocenters. The van der Waals surface area contributed by atoms with Crippen molar-refractivity contribution in [2.75, 3.05) is 0 Å². The Morgan fingerprint density at radius 2 is 1.84 bits per heavy atom. The molecule has 2 aliphatic carbocycles. The van der Waals surface area contributed by atoms with Crippen LogP contribution in [0.3, 0.4) is 0 Å². The van der Waals surface area contributed by atoms with Gasteiger partial charge in [-0.05, 0) is 51.9 Å². The fourth-order valence-electron chi connectivity index (χ4n) is 3.58. The first-order chi connectivity index (χ1) is 8.70. The van der Waals surface area contributed by atoms with Gasteiger partial charge in [0.15, 0.2) is 0 Å². The standard InChI is InChI=1S/C17H30O2/c1-7-15(3,4)14(18)19-17(16(5,6)8-2)10-9-12-11-13(12)17/h12-13H,7-11H2,1-6H3. The maximum absolute atomic E-state index is 12.6. The van der Waals surface area contributed by atoms with Gasteiger partial charge >= 0.3 is 5.97 Å². The molecular formula is C17H30O2. The lowest BCUT2D eigenvalue weighted by Gasteiger charge is -2.46. The van der Waals surface area contributed by atoms with E-state index in [0.29, 0.717) is 5.92 Å². The lowest BCUT2D eigenvalue weighted by atomic mass is 9.69. The second kappa shape index (κ2) is 4.49. The second-order valence-corrected chi connectivity index (χ2v) is 7.89. The molecule has 2 saturated carbocycles. The van der Waals surface area contributed by atoms with Gasteiger partial charge in [0.25, 0.3) is 0 Å². The molecule has 0 saturated heterocycles. The molecule has 0 N–H and O–H groups in total. The van der Waals surface area contributed by atoms with Crippen LogP contribution in [-0.4, -0.2) is 11.6 Å². The van der Waals surface area contributed by atoms with Gasteiger partial charge < -0.3 is 4.74 Å². The summed E-state index contributed by atoms with van der Waals surface area (Å²) in [4.78, 5) is 12.6. The molecule has 2 aliphatic rings. The number of ether oxygens (including phenoxy) is 1. The van der Waals surface area contributed by atoms with Crippen LogP contribution < -0.4 is 0 Å². The molecule has 0 aromatic carbocycles. The molecule has 110 valence electrons. The molecule has 2 fully saturated rings. The van der Waals surface area contributed by atoms with Crippen molar-refractivity contribution >= 4 is 5.97 Å². The van der Waals surface area contributed by atoms with E-state index in [1.165, 1.54) is 12.8 Å². The summed E-state index contributed by atoms with van der Waals surface area (Å²) in [5.74, 6) is 1.45. The summed E-state index contributed by atoms with van der Waals surface area (Å²) < 4.78 is 6.23. The highest BCUT2D eigenvalue weighted by atomic mass is 16.6. The van der Waals surface area contributed by atoms with Gasteiger partial charge in [0.05, 0.1) is 5.41 Å². The summed E-state index contributed by atoms with van der Waals surface area (Å²) in [7, 11) is 0. The van der Waals surface area contributed by atoms with Crippen LogP contribution in [0, 0.1) is 22.7 Å². The molecule has 0 bridgehead atoms. The fourth-order valence-corrected chi connectivity index (χ4v) is 3.58. The lowest BCUT2D eigenvalue weighted by molar-refractivity contribution is -0.189. The number of fused-ring (bicyclic) bond motifs is 1. The SMILES string of the molecule is CCC(C)(C)C(=O)OC1(C(C)(C)CC)CCC2CC21. The first-order valence-electron chi connectivity index (χ1n) is 7.93. The molecule has 0 radical (unpaired) electrons. The minimum Gasteiger partial charge on any atom is -0.458 e. The number of hydrogen-bond donors (Lipinski definition) is 0. The Kier molecular flexibility index (Phi) is 3.52. The van der Waals surface area contributed by atoms with Crippen LogP contribution in [0.25, 0.3) is 0 Å². The average molecular weight is 266 g/mol. The van der Waals surface area contributed by atoms with Crippen LogP contribution in [0.4, 0.5) is 0 Å². The van der Waals surface area contributed by atoms with Crippen LogP contribution in [0.1, 0.15) is 73.6 Å². The van der Waals surface area contributed by atoms with Gasteiger partial charge in [-0.15, -0.1) is 0 Å². The zero-order valence-electron chi connectivity index (χ0n) is 13.5. The normalized spacial score (nSPS) is 34.0. The van der Waals surface area contributed by atoms with Crippen molar-refractivity contribution in [1.29, 1.82) is 0 Å². The van der Waals surface area contributed by atoms with Crippen molar-refractivity contribution < 1.29 is 9.53 Å². The summed E-state index contributed by atoms with van der Waals surface area (Å²) in [5, 5.41) is 0. The zero-order chi connectivity index (χ0) is 14.5. The molecule has 2 rings (SSSR count). The van der Waals surface area contributed by atoms with Crippen molar-refractivity contribution in [2.24, 2.45) is 22.7 Å². The summed E-state index contributed by atoms with van der Waals surface area (Å²) in [6.07, 6.45) is 5.48. The van der Waals surface area contributed by atoms with Crippen LogP contribution in [0.15, 0.2) is 0 Å². The van der Waals surface area contributed by atoms with Gasteiger partial charge in [-0.3, -0.25) is 4.79 Å². The van der Waals surface area contributed by atoms with E-state index >= 15 is 0 Å². The predicted molar refractivity (Wildman–Crippen MR) is 77.8 cm³/mol. The topological polar surface area (TPSA) is 26.3 Å². The van der Waals surface area contributed by atoms with Crippen molar-refractivity contribution in [2.45, 2.75) is 79.2 Å².